The number of aliphatic hydroxyl groups is 2. The topological polar surface area (TPSA) is 95.9 Å². The Morgan fingerprint density at radius 2 is 0.516 bits per heavy atom. The highest BCUT2D eigenvalue weighted by atomic mass is 16.5. The van der Waals surface area contributed by atoms with Gasteiger partial charge in [0, 0.05) is 12.8 Å². The first-order valence-corrected chi connectivity index (χ1v) is 42.1. The van der Waals surface area contributed by atoms with E-state index in [0.717, 1.165) is 38.5 Å². The largest absolute Gasteiger partial charge is 0.466 e. The lowest BCUT2D eigenvalue weighted by molar-refractivity contribution is -0.143. The van der Waals surface area contributed by atoms with Gasteiger partial charge in [-0.15, -0.1) is 0 Å². The van der Waals surface area contributed by atoms with E-state index < -0.39 is 12.1 Å². The minimum Gasteiger partial charge on any atom is -0.466 e. The highest BCUT2D eigenvalue weighted by molar-refractivity contribution is 5.76. The number of esters is 1. The maximum absolute atomic E-state index is 12.6. The molecule has 1 amide bonds. The van der Waals surface area contributed by atoms with Gasteiger partial charge in [0.1, 0.15) is 0 Å². The van der Waals surface area contributed by atoms with Crippen molar-refractivity contribution in [3.63, 3.8) is 0 Å². The zero-order chi connectivity index (χ0) is 65.6. The lowest BCUT2D eigenvalue weighted by atomic mass is 10.0. The van der Waals surface area contributed by atoms with Crippen LogP contribution < -0.4 is 5.32 Å². The molecule has 0 aromatic carbocycles. The molecule has 0 bridgehead atoms. The SMILES string of the molecule is CCCCCCCCCCCCCCCCCCCCCCC/C=C/C(O)C(CO)NC(=O)CCCCCCCCCCCCCCCCCC/C=C\CCCCCCCCCCCCCCOC(=O)CCCCCCCCCCCCCCCCCCCCC. The Kier molecular flexibility index (Phi) is 79.3. The summed E-state index contributed by atoms with van der Waals surface area (Å²) in [6.07, 6.45) is 105. The molecule has 0 aliphatic heterocycles. The lowest BCUT2D eigenvalue weighted by Gasteiger charge is -2.20. The van der Waals surface area contributed by atoms with Crippen LogP contribution in [0.15, 0.2) is 24.3 Å². The third-order valence-corrected chi connectivity index (χ3v) is 20.0. The Hall–Kier alpha value is -1.66. The Bertz CT molecular complexity index is 1430. The van der Waals surface area contributed by atoms with Gasteiger partial charge in [-0.25, -0.2) is 0 Å². The molecule has 91 heavy (non-hydrogen) atoms. The molecule has 3 N–H and O–H groups in total. The molecule has 2 atom stereocenters. The molecular formula is C85H165NO5. The van der Waals surface area contributed by atoms with Crippen LogP contribution in [0.3, 0.4) is 0 Å². The van der Waals surface area contributed by atoms with E-state index in [1.165, 1.54) is 417 Å². The minimum absolute atomic E-state index is 0.0240. The molecule has 0 saturated heterocycles. The first kappa shape index (κ1) is 89.3. The first-order valence-electron chi connectivity index (χ1n) is 42.1. The van der Waals surface area contributed by atoms with Gasteiger partial charge in [-0.1, -0.05) is 436 Å². The lowest BCUT2D eigenvalue weighted by Crippen LogP contribution is -2.45. The zero-order valence-corrected chi connectivity index (χ0v) is 62.1. The molecule has 0 aromatic rings. The number of carbonyl (C=O) groups is 2. The molecule has 6 heteroatoms. The smallest absolute Gasteiger partial charge is 0.305 e. The van der Waals surface area contributed by atoms with Crippen molar-refractivity contribution in [3.05, 3.63) is 24.3 Å². The number of ether oxygens (including phenoxy) is 1. The van der Waals surface area contributed by atoms with Crippen molar-refractivity contribution < 1.29 is 24.5 Å². The molecular weight excluding hydrogens is 1110 g/mol. The second kappa shape index (κ2) is 80.8. The Labute approximate surface area is 571 Å². The van der Waals surface area contributed by atoms with Crippen molar-refractivity contribution in [2.75, 3.05) is 13.2 Å². The molecule has 0 rings (SSSR count). The number of amides is 1. The van der Waals surface area contributed by atoms with E-state index in [-0.39, 0.29) is 18.5 Å². The summed E-state index contributed by atoms with van der Waals surface area (Å²) in [6, 6.07) is -0.627. The van der Waals surface area contributed by atoms with E-state index in [1.54, 1.807) is 6.08 Å². The number of carbonyl (C=O) groups excluding carboxylic acids is 2. The van der Waals surface area contributed by atoms with E-state index in [0.29, 0.717) is 19.4 Å². The minimum atomic E-state index is -0.844. The van der Waals surface area contributed by atoms with Crippen LogP contribution in [-0.4, -0.2) is 47.4 Å². The number of aliphatic hydroxyl groups excluding tert-OH is 2. The number of nitrogens with one attached hydrogen (secondary N) is 1. The van der Waals surface area contributed by atoms with Gasteiger partial charge in [0.15, 0.2) is 0 Å². The summed E-state index contributed by atoms with van der Waals surface area (Å²) in [5, 5.41) is 23.3. The van der Waals surface area contributed by atoms with E-state index in [1.807, 2.05) is 6.08 Å². The summed E-state index contributed by atoms with van der Waals surface area (Å²) in [5.74, 6) is -0.0359. The van der Waals surface area contributed by atoms with Gasteiger partial charge < -0.3 is 20.3 Å². The van der Waals surface area contributed by atoms with Crippen LogP contribution in [0.1, 0.15) is 483 Å². The fourth-order valence-corrected chi connectivity index (χ4v) is 13.6. The molecule has 6 nitrogen and oxygen atoms in total. The summed E-state index contributed by atoms with van der Waals surface area (Å²) in [6.45, 7) is 4.97. The Morgan fingerprint density at radius 1 is 0.297 bits per heavy atom. The Balaban J connectivity index is 3.36. The highest BCUT2D eigenvalue weighted by Crippen LogP contribution is 2.20. The van der Waals surface area contributed by atoms with Gasteiger partial charge in [-0.2, -0.15) is 0 Å². The van der Waals surface area contributed by atoms with Crippen molar-refractivity contribution in [3.8, 4) is 0 Å². The van der Waals surface area contributed by atoms with Crippen molar-refractivity contribution in [2.45, 2.75) is 495 Å². The quantitative estimate of drug-likeness (QED) is 0.0320. The van der Waals surface area contributed by atoms with Crippen LogP contribution in [0.5, 0.6) is 0 Å². The molecule has 0 spiro atoms. The van der Waals surface area contributed by atoms with Gasteiger partial charge in [0.25, 0.3) is 0 Å². The van der Waals surface area contributed by atoms with E-state index in [2.05, 4.69) is 31.3 Å². The van der Waals surface area contributed by atoms with Gasteiger partial charge in [0.2, 0.25) is 5.91 Å². The van der Waals surface area contributed by atoms with Crippen LogP contribution in [0, 0.1) is 0 Å². The van der Waals surface area contributed by atoms with Crippen LogP contribution in [0.25, 0.3) is 0 Å². The number of rotatable bonds is 80. The Morgan fingerprint density at radius 3 is 0.780 bits per heavy atom. The molecule has 0 heterocycles. The second-order valence-electron chi connectivity index (χ2n) is 29.2. The number of hydrogen-bond acceptors (Lipinski definition) is 5. The average Bonchev–Trinajstić information content (AvgIpc) is 3.66. The van der Waals surface area contributed by atoms with Crippen molar-refractivity contribution in [2.24, 2.45) is 0 Å². The third kappa shape index (κ3) is 77.2. The highest BCUT2D eigenvalue weighted by Gasteiger charge is 2.18. The van der Waals surface area contributed by atoms with E-state index >= 15 is 0 Å². The van der Waals surface area contributed by atoms with Gasteiger partial charge in [0.05, 0.1) is 25.4 Å². The summed E-state index contributed by atoms with van der Waals surface area (Å²) in [7, 11) is 0. The van der Waals surface area contributed by atoms with Crippen LogP contribution in [0.2, 0.25) is 0 Å². The normalized spacial score (nSPS) is 12.5. The fourth-order valence-electron chi connectivity index (χ4n) is 13.6. The van der Waals surface area contributed by atoms with Crippen LogP contribution >= 0.6 is 0 Å². The summed E-state index contributed by atoms with van der Waals surface area (Å²) >= 11 is 0. The molecule has 0 aliphatic carbocycles. The number of unbranched alkanes of at least 4 members (excludes halogenated alkanes) is 67. The monoisotopic (exact) mass is 1280 g/mol. The molecule has 0 fully saturated rings. The molecule has 540 valence electrons. The van der Waals surface area contributed by atoms with E-state index in [9.17, 15) is 19.8 Å². The second-order valence-corrected chi connectivity index (χ2v) is 29.2. The maximum Gasteiger partial charge on any atom is 0.305 e. The van der Waals surface area contributed by atoms with E-state index in [4.69, 9.17) is 4.74 Å². The standard InChI is InChI=1S/C85H165NO5/c1-3-5-7-9-11-13-15-17-19-21-23-24-35-38-42-45-49-53-57-61-65-69-73-77-83(88)82(81-87)86-84(89)78-74-70-66-62-58-54-50-46-43-39-36-33-31-29-27-25-26-28-30-32-34-37-40-44-48-52-56-60-64-68-72-76-80-91-85(90)79-75-71-67-63-59-55-51-47-41-22-20-18-16-14-12-10-8-6-4-2/h28,30,73,77,82-83,87-88H,3-27,29,31-72,74-76,78-81H2,1-2H3,(H,86,89)/b30-28-,77-73+. The predicted octanol–water partition coefficient (Wildman–Crippen LogP) is 28.0. The fraction of sp³-hybridized carbons (Fsp3) is 0.929. The number of allylic oxidation sites excluding steroid dienone is 3. The summed E-state index contributed by atoms with van der Waals surface area (Å²) in [5.41, 5.74) is 0. The molecule has 2 unspecified atom stereocenters. The molecule has 0 radical (unpaired) electrons. The van der Waals surface area contributed by atoms with Gasteiger partial charge in [-0.05, 0) is 57.8 Å². The molecule has 0 aromatic heterocycles. The maximum atomic E-state index is 12.6. The zero-order valence-electron chi connectivity index (χ0n) is 62.1. The molecule has 0 saturated carbocycles. The third-order valence-electron chi connectivity index (χ3n) is 20.0. The predicted molar refractivity (Wildman–Crippen MR) is 403 cm³/mol. The van der Waals surface area contributed by atoms with Crippen molar-refractivity contribution >= 4 is 11.9 Å². The average molecular weight is 1280 g/mol. The summed E-state index contributed by atoms with van der Waals surface area (Å²) in [4.78, 5) is 24.7. The van der Waals surface area contributed by atoms with Crippen LogP contribution in [0.4, 0.5) is 0 Å². The van der Waals surface area contributed by atoms with Gasteiger partial charge in [-0.3, -0.25) is 9.59 Å². The van der Waals surface area contributed by atoms with Gasteiger partial charge >= 0.3 is 5.97 Å². The summed E-state index contributed by atoms with van der Waals surface area (Å²) < 4.78 is 5.52. The first-order chi connectivity index (χ1) is 45.0. The van der Waals surface area contributed by atoms with Crippen molar-refractivity contribution in [1.29, 1.82) is 0 Å². The number of hydrogen-bond donors (Lipinski definition) is 3. The molecule has 0 aliphatic rings. The van der Waals surface area contributed by atoms with Crippen molar-refractivity contribution in [1.82, 2.24) is 5.32 Å². The van der Waals surface area contributed by atoms with Crippen LogP contribution in [-0.2, 0) is 14.3 Å².